The molecule has 104 valence electrons. The van der Waals surface area contributed by atoms with Crippen LogP contribution in [-0.2, 0) is 11.3 Å². The van der Waals surface area contributed by atoms with Crippen LogP contribution >= 0.6 is 11.6 Å². The van der Waals surface area contributed by atoms with Crippen LogP contribution in [0.1, 0.15) is 16.9 Å². The van der Waals surface area contributed by atoms with Crippen molar-refractivity contribution in [2.45, 2.75) is 13.0 Å². The van der Waals surface area contributed by atoms with Gasteiger partial charge in [-0.05, 0) is 18.2 Å². The molecule has 2 aromatic rings. The van der Waals surface area contributed by atoms with Gasteiger partial charge in [-0.15, -0.1) is 0 Å². The maximum absolute atomic E-state index is 11.7. The van der Waals surface area contributed by atoms with Crippen LogP contribution in [0.25, 0.3) is 0 Å². The van der Waals surface area contributed by atoms with E-state index in [2.05, 4.69) is 15.4 Å². The Kier molecular flexibility index (Phi) is 4.31. The van der Waals surface area contributed by atoms with Gasteiger partial charge < -0.3 is 10.4 Å². The van der Waals surface area contributed by atoms with Crippen molar-refractivity contribution in [2.75, 3.05) is 5.32 Å². The van der Waals surface area contributed by atoms with Crippen molar-refractivity contribution < 1.29 is 14.7 Å². The van der Waals surface area contributed by atoms with E-state index in [0.717, 1.165) is 0 Å². The number of pyridine rings is 1. The topological polar surface area (TPSA) is 97.1 Å². The van der Waals surface area contributed by atoms with Gasteiger partial charge in [0.2, 0.25) is 5.91 Å². The fourth-order valence-electron chi connectivity index (χ4n) is 1.56. The van der Waals surface area contributed by atoms with Crippen LogP contribution in [0.15, 0.2) is 30.6 Å². The number of anilines is 1. The second kappa shape index (κ2) is 6.16. The summed E-state index contributed by atoms with van der Waals surface area (Å²) in [4.78, 5) is 26.5. The normalized spacial score (nSPS) is 10.2. The summed E-state index contributed by atoms with van der Waals surface area (Å²) < 4.78 is 1.26. The Hall–Kier alpha value is -2.41. The lowest BCUT2D eigenvalue weighted by Crippen LogP contribution is -2.17. The van der Waals surface area contributed by atoms with Gasteiger partial charge in [0.05, 0.1) is 11.6 Å². The van der Waals surface area contributed by atoms with Gasteiger partial charge >= 0.3 is 5.97 Å². The number of nitrogens with zero attached hydrogens (tertiary/aromatic N) is 3. The smallest absolute Gasteiger partial charge is 0.354 e. The molecule has 0 fully saturated rings. The molecule has 0 atom stereocenters. The van der Waals surface area contributed by atoms with Gasteiger partial charge in [-0.1, -0.05) is 11.6 Å². The van der Waals surface area contributed by atoms with Crippen LogP contribution in [-0.4, -0.2) is 31.7 Å². The summed E-state index contributed by atoms with van der Waals surface area (Å²) >= 11 is 5.68. The molecule has 0 radical (unpaired) electrons. The highest BCUT2D eigenvalue weighted by Gasteiger charge is 2.11. The lowest BCUT2D eigenvalue weighted by Gasteiger charge is -2.06. The van der Waals surface area contributed by atoms with E-state index in [1.54, 1.807) is 12.1 Å². The van der Waals surface area contributed by atoms with Gasteiger partial charge in [0.1, 0.15) is 11.5 Å². The highest BCUT2D eigenvalue weighted by Crippen LogP contribution is 2.10. The first-order valence-corrected chi connectivity index (χ1v) is 6.10. The number of hydrogen-bond acceptors (Lipinski definition) is 4. The Morgan fingerprint density at radius 2 is 2.15 bits per heavy atom. The molecule has 0 saturated heterocycles. The zero-order chi connectivity index (χ0) is 14.5. The molecule has 0 unspecified atom stereocenters. The molecule has 0 aromatic carbocycles. The lowest BCUT2D eigenvalue weighted by molar-refractivity contribution is -0.116. The molecule has 2 N–H and O–H groups in total. The van der Waals surface area contributed by atoms with Crippen LogP contribution in [0.3, 0.4) is 0 Å². The maximum atomic E-state index is 11.7. The Morgan fingerprint density at radius 1 is 1.35 bits per heavy atom. The number of hydrogen-bond donors (Lipinski definition) is 2. The van der Waals surface area contributed by atoms with Gasteiger partial charge in [-0.3, -0.25) is 9.48 Å². The Labute approximate surface area is 119 Å². The number of halogens is 1. The fourth-order valence-corrected chi connectivity index (χ4v) is 1.67. The molecule has 0 spiro atoms. The molecular formula is C12H11ClN4O3. The van der Waals surface area contributed by atoms with Crippen molar-refractivity contribution in [1.82, 2.24) is 14.8 Å². The van der Waals surface area contributed by atoms with Crippen molar-refractivity contribution in [1.29, 1.82) is 0 Å². The van der Waals surface area contributed by atoms with E-state index in [0.29, 0.717) is 10.8 Å². The second-order valence-corrected chi connectivity index (χ2v) is 4.34. The standard InChI is InChI=1S/C12H11ClN4O3/c13-8-1-2-10(14-7-8)16-11(18)4-6-17-9(12(19)20)3-5-15-17/h1-3,5,7H,4,6H2,(H,19,20)(H,14,16,18). The monoisotopic (exact) mass is 294 g/mol. The quantitative estimate of drug-likeness (QED) is 0.874. The number of aryl methyl sites for hydroxylation is 1. The zero-order valence-electron chi connectivity index (χ0n) is 10.3. The zero-order valence-corrected chi connectivity index (χ0v) is 11.0. The highest BCUT2D eigenvalue weighted by atomic mass is 35.5. The molecule has 0 aliphatic carbocycles. The minimum absolute atomic E-state index is 0.0439. The third kappa shape index (κ3) is 3.55. The van der Waals surface area contributed by atoms with Crippen molar-refractivity contribution >= 4 is 29.3 Å². The van der Waals surface area contributed by atoms with E-state index in [4.69, 9.17) is 16.7 Å². The summed E-state index contributed by atoms with van der Waals surface area (Å²) in [6.45, 7) is 0.175. The van der Waals surface area contributed by atoms with Gasteiger partial charge in [-0.25, -0.2) is 9.78 Å². The molecule has 0 aliphatic heterocycles. The molecule has 2 rings (SSSR count). The summed E-state index contributed by atoms with van der Waals surface area (Å²) in [5.41, 5.74) is 0.0439. The van der Waals surface area contributed by atoms with Crippen molar-refractivity contribution in [3.63, 3.8) is 0 Å². The van der Waals surface area contributed by atoms with Gasteiger partial charge in [0, 0.05) is 18.8 Å². The molecule has 0 aliphatic rings. The molecule has 20 heavy (non-hydrogen) atoms. The SMILES string of the molecule is O=C(CCn1nccc1C(=O)O)Nc1ccc(Cl)cn1. The van der Waals surface area contributed by atoms with E-state index in [-0.39, 0.29) is 24.6 Å². The maximum Gasteiger partial charge on any atom is 0.354 e. The third-order valence-corrected chi connectivity index (χ3v) is 2.70. The number of carbonyl (C=O) groups excluding carboxylic acids is 1. The van der Waals surface area contributed by atoms with Crippen LogP contribution in [0.2, 0.25) is 5.02 Å². The lowest BCUT2D eigenvalue weighted by atomic mass is 10.3. The van der Waals surface area contributed by atoms with Crippen molar-refractivity contribution in [2.24, 2.45) is 0 Å². The molecule has 0 saturated carbocycles. The largest absolute Gasteiger partial charge is 0.477 e. The van der Waals surface area contributed by atoms with Gasteiger partial charge in [0.15, 0.2) is 0 Å². The summed E-state index contributed by atoms with van der Waals surface area (Å²) in [6.07, 6.45) is 2.89. The van der Waals surface area contributed by atoms with Crippen LogP contribution in [0.5, 0.6) is 0 Å². The third-order valence-electron chi connectivity index (χ3n) is 2.48. The molecule has 2 heterocycles. The number of nitrogens with one attached hydrogen (secondary N) is 1. The Bertz CT molecular complexity index is 624. The number of aromatic carboxylic acids is 1. The van der Waals surface area contributed by atoms with E-state index in [9.17, 15) is 9.59 Å². The van der Waals surface area contributed by atoms with Crippen molar-refractivity contribution in [3.05, 3.63) is 41.3 Å². The molecule has 2 aromatic heterocycles. The second-order valence-electron chi connectivity index (χ2n) is 3.90. The van der Waals surface area contributed by atoms with E-state index in [1.165, 1.54) is 23.1 Å². The first kappa shape index (κ1) is 14.0. The number of amides is 1. The molecule has 8 heteroatoms. The first-order chi connectivity index (χ1) is 9.56. The highest BCUT2D eigenvalue weighted by molar-refractivity contribution is 6.30. The predicted octanol–water partition coefficient (Wildman–Crippen LogP) is 1.66. The van der Waals surface area contributed by atoms with E-state index in [1.807, 2.05) is 0 Å². The van der Waals surface area contributed by atoms with E-state index >= 15 is 0 Å². The van der Waals surface area contributed by atoms with Crippen LogP contribution in [0.4, 0.5) is 5.82 Å². The Balaban J connectivity index is 1.90. The van der Waals surface area contributed by atoms with Crippen LogP contribution in [0, 0.1) is 0 Å². The Morgan fingerprint density at radius 3 is 2.80 bits per heavy atom. The van der Waals surface area contributed by atoms with Crippen LogP contribution < -0.4 is 5.32 Å². The number of carboxylic acids is 1. The summed E-state index contributed by atoms with van der Waals surface area (Å²) in [6, 6.07) is 4.57. The first-order valence-electron chi connectivity index (χ1n) is 5.73. The van der Waals surface area contributed by atoms with Crippen molar-refractivity contribution in [3.8, 4) is 0 Å². The fraction of sp³-hybridized carbons (Fsp3) is 0.167. The summed E-state index contributed by atoms with van der Waals surface area (Å²) in [7, 11) is 0. The average molecular weight is 295 g/mol. The van der Waals surface area contributed by atoms with E-state index < -0.39 is 5.97 Å². The predicted molar refractivity (Wildman–Crippen MR) is 71.7 cm³/mol. The number of rotatable bonds is 5. The molecule has 7 nitrogen and oxygen atoms in total. The van der Waals surface area contributed by atoms with Gasteiger partial charge in [-0.2, -0.15) is 5.10 Å². The minimum Gasteiger partial charge on any atom is -0.477 e. The van der Waals surface area contributed by atoms with Gasteiger partial charge in [0.25, 0.3) is 0 Å². The molecular weight excluding hydrogens is 284 g/mol. The number of aromatic nitrogens is 3. The molecule has 1 amide bonds. The summed E-state index contributed by atoms with van der Waals surface area (Å²) in [5, 5.41) is 15.8. The number of carboxylic acid groups (broad SMARTS) is 1. The summed E-state index contributed by atoms with van der Waals surface area (Å²) in [5.74, 6) is -0.979. The average Bonchev–Trinajstić information content (AvgIpc) is 2.88. The minimum atomic E-state index is -1.08. The number of carbonyl (C=O) groups is 2. The molecule has 0 bridgehead atoms.